The smallest absolute Gasteiger partial charge is 0.416 e. The van der Waals surface area contributed by atoms with Crippen LogP contribution in [0.4, 0.5) is 17.6 Å². The molecule has 2 N–H and O–H groups in total. The van der Waals surface area contributed by atoms with E-state index in [2.05, 4.69) is 10.2 Å². The Hall–Kier alpha value is -4.03. The van der Waals surface area contributed by atoms with Crippen LogP contribution < -0.4 is 10.9 Å². The predicted molar refractivity (Wildman–Crippen MR) is 184 cm³/mol. The average Bonchev–Trinajstić information content (AvgIpc) is 3.79. The fraction of sp³-hybridized carbons (Fsp3) is 0.513. The number of carbonyl (C=O) groups is 2. The van der Waals surface area contributed by atoms with Gasteiger partial charge >= 0.3 is 12.1 Å². The van der Waals surface area contributed by atoms with Gasteiger partial charge in [0.1, 0.15) is 11.9 Å². The van der Waals surface area contributed by atoms with Crippen LogP contribution in [0.5, 0.6) is 0 Å². The number of benzene rings is 2. The van der Waals surface area contributed by atoms with Gasteiger partial charge in [0.2, 0.25) is 5.91 Å². The first-order valence-electron chi connectivity index (χ1n) is 17.7. The molecule has 1 aromatic heterocycles. The van der Waals surface area contributed by atoms with E-state index in [1.165, 1.54) is 18.3 Å². The van der Waals surface area contributed by atoms with Crippen molar-refractivity contribution in [3.63, 3.8) is 0 Å². The maximum Gasteiger partial charge on any atom is 0.416 e. The fourth-order valence-electron chi connectivity index (χ4n) is 8.29. The van der Waals surface area contributed by atoms with E-state index >= 15 is 0 Å². The summed E-state index contributed by atoms with van der Waals surface area (Å²) in [6.45, 7) is 8.86. The highest BCUT2D eigenvalue weighted by atomic mass is 19.4. The van der Waals surface area contributed by atoms with E-state index in [1.54, 1.807) is 0 Å². The summed E-state index contributed by atoms with van der Waals surface area (Å²) in [5.41, 5.74) is 3.80. The van der Waals surface area contributed by atoms with Crippen LogP contribution >= 0.6 is 0 Å². The number of carboxylic acid groups (broad SMARTS) is 1. The standard InChI is InChI=1S/C39H45F4N3O5/c1-21(2)10-34(46-18-25(32(16-35(46)47)39(41,42)43)8-9-45-19-29-15-28(45)20-51-29)38(50)44-33(17-36(48)49)26-13-24-6-5-7-30(24)31(14-26)37-22(3)11-27(40)12-23(37)4/h11-14,16,18,21,28-29,33-34H,5-10,15,17,19-20H2,1-4H3,(H,44,50)(H,48,49)/t28-,29-,33+,34+/m1/s1. The van der Waals surface area contributed by atoms with Crippen LogP contribution in [0.2, 0.25) is 0 Å². The van der Waals surface area contributed by atoms with E-state index in [0.717, 1.165) is 63.6 Å². The number of pyridine rings is 1. The number of likely N-dealkylation sites (tertiary alicyclic amines) is 1. The first kappa shape index (κ1) is 36.8. The normalized spacial score (nSPS) is 19.8. The van der Waals surface area contributed by atoms with Crippen molar-refractivity contribution in [1.82, 2.24) is 14.8 Å². The molecule has 2 bridgehead atoms. The molecule has 2 fully saturated rings. The fourth-order valence-corrected chi connectivity index (χ4v) is 8.29. The lowest BCUT2D eigenvalue weighted by atomic mass is 9.87. The molecule has 274 valence electrons. The lowest BCUT2D eigenvalue weighted by molar-refractivity contribution is -0.139. The number of amides is 1. The number of hydrogen-bond donors (Lipinski definition) is 2. The lowest BCUT2D eigenvalue weighted by Crippen LogP contribution is -2.41. The van der Waals surface area contributed by atoms with Crippen molar-refractivity contribution in [1.29, 1.82) is 0 Å². The van der Waals surface area contributed by atoms with Crippen molar-refractivity contribution in [3.8, 4) is 11.1 Å². The van der Waals surface area contributed by atoms with Crippen LogP contribution in [0.15, 0.2) is 41.3 Å². The van der Waals surface area contributed by atoms with Crippen molar-refractivity contribution in [3.05, 3.63) is 91.6 Å². The largest absolute Gasteiger partial charge is 0.481 e. The molecule has 3 aliphatic rings. The summed E-state index contributed by atoms with van der Waals surface area (Å²) in [6.07, 6.45) is -0.531. The van der Waals surface area contributed by atoms with E-state index in [4.69, 9.17) is 4.74 Å². The number of fused-ring (bicyclic) bond motifs is 3. The molecule has 2 aromatic carbocycles. The topological polar surface area (TPSA) is 101 Å². The van der Waals surface area contributed by atoms with Gasteiger partial charge in [0, 0.05) is 31.4 Å². The Kier molecular flexibility index (Phi) is 10.5. The number of halogens is 4. The third-order valence-electron chi connectivity index (χ3n) is 10.6. The molecule has 0 spiro atoms. The summed E-state index contributed by atoms with van der Waals surface area (Å²) in [4.78, 5) is 42.0. The summed E-state index contributed by atoms with van der Waals surface area (Å²) in [6, 6.07) is 5.21. The first-order chi connectivity index (χ1) is 24.1. The number of nitrogens with zero attached hydrogens (tertiary/aromatic N) is 2. The van der Waals surface area contributed by atoms with Gasteiger partial charge in [-0.3, -0.25) is 19.3 Å². The number of nitrogens with one attached hydrogen (secondary N) is 1. The van der Waals surface area contributed by atoms with Gasteiger partial charge in [0.15, 0.2) is 0 Å². The monoisotopic (exact) mass is 711 g/mol. The minimum atomic E-state index is -4.77. The van der Waals surface area contributed by atoms with E-state index in [1.807, 2.05) is 39.8 Å². The number of hydrogen-bond acceptors (Lipinski definition) is 5. The highest BCUT2D eigenvalue weighted by molar-refractivity contribution is 5.82. The Labute approximate surface area is 294 Å². The number of carboxylic acids is 1. The second-order valence-corrected chi connectivity index (χ2v) is 14.8. The summed E-state index contributed by atoms with van der Waals surface area (Å²) in [5.74, 6) is -2.31. The summed E-state index contributed by atoms with van der Waals surface area (Å²) < 4.78 is 63.7. The van der Waals surface area contributed by atoms with Gasteiger partial charge in [-0.1, -0.05) is 19.9 Å². The Morgan fingerprint density at radius 3 is 2.41 bits per heavy atom. The molecular weight excluding hydrogens is 666 g/mol. The van der Waals surface area contributed by atoms with E-state index < -0.39 is 47.7 Å². The predicted octanol–water partition coefficient (Wildman–Crippen LogP) is 6.71. The molecule has 2 saturated heterocycles. The van der Waals surface area contributed by atoms with Crippen molar-refractivity contribution in [2.45, 2.75) is 103 Å². The Morgan fingerprint density at radius 1 is 1.08 bits per heavy atom. The Balaban J connectivity index is 1.36. The van der Waals surface area contributed by atoms with Gasteiger partial charge in [-0.25, -0.2) is 4.39 Å². The first-order valence-corrected chi connectivity index (χ1v) is 17.7. The van der Waals surface area contributed by atoms with Crippen LogP contribution in [-0.4, -0.2) is 58.3 Å². The lowest BCUT2D eigenvalue weighted by Gasteiger charge is -2.28. The number of aryl methyl sites for hydroxylation is 3. The molecule has 8 nitrogen and oxygen atoms in total. The molecule has 51 heavy (non-hydrogen) atoms. The highest BCUT2D eigenvalue weighted by Crippen LogP contribution is 2.39. The number of ether oxygens (including phenoxy) is 1. The summed E-state index contributed by atoms with van der Waals surface area (Å²) in [5, 5.41) is 12.8. The molecule has 1 amide bonds. The third kappa shape index (κ3) is 7.91. The van der Waals surface area contributed by atoms with Gasteiger partial charge < -0.3 is 19.7 Å². The second kappa shape index (κ2) is 14.5. The maximum absolute atomic E-state index is 14.3. The number of carbonyl (C=O) groups excluding carboxylic acids is 1. The van der Waals surface area contributed by atoms with Gasteiger partial charge in [-0.05, 0) is 121 Å². The molecule has 0 saturated carbocycles. The number of aromatic nitrogens is 1. The quantitative estimate of drug-likeness (QED) is 0.203. The van der Waals surface area contributed by atoms with Crippen molar-refractivity contribution in [2.24, 2.45) is 5.92 Å². The number of aliphatic carboxylic acids is 1. The summed E-state index contributed by atoms with van der Waals surface area (Å²) in [7, 11) is 0. The number of alkyl halides is 3. The minimum absolute atomic E-state index is 0.0239. The van der Waals surface area contributed by atoms with Crippen LogP contribution in [0.1, 0.15) is 90.6 Å². The average molecular weight is 712 g/mol. The zero-order valence-electron chi connectivity index (χ0n) is 29.4. The molecule has 2 aliphatic heterocycles. The molecule has 12 heteroatoms. The molecule has 0 radical (unpaired) electrons. The Bertz CT molecular complexity index is 1860. The van der Waals surface area contributed by atoms with Gasteiger partial charge in [-0.2, -0.15) is 13.2 Å². The number of morpholine rings is 1. The molecule has 3 heterocycles. The maximum atomic E-state index is 14.3. The molecule has 0 unspecified atom stereocenters. The van der Waals surface area contributed by atoms with Crippen LogP contribution in [0.3, 0.4) is 0 Å². The highest BCUT2D eigenvalue weighted by Gasteiger charge is 2.40. The van der Waals surface area contributed by atoms with E-state index in [9.17, 15) is 37.1 Å². The minimum Gasteiger partial charge on any atom is -0.481 e. The SMILES string of the molecule is Cc1cc(F)cc(C)c1-c1cc([C@H](CC(=O)O)NC(=O)[C@H](CC(C)C)n2cc(CCN3C[C@H]4C[C@@H]3CO4)c(C(F)(F)F)cc2=O)cc2c1CCC2. The van der Waals surface area contributed by atoms with Crippen LogP contribution in [0.25, 0.3) is 11.1 Å². The third-order valence-corrected chi connectivity index (χ3v) is 10.6. The molecular formula is C39H45F4N3O5. The molecule has 1 aliphatic carbocycles. The summed E-state index contributed by atoms with van der Waals surface area (Å²) >= 11 is 0. The van der Waals surface area contributed by atoms with E-state index in [0.29, 0.717) is 31.3 Å². The second-order valence-electron chi connectivity index (χ2n) is 14.8. The molecule has 4 atom stereocenters. The van der Waals surface area contributed by atoms with Gasteiger partial charge in [-0.15, -0.1) is 0 Å². The van der Waals surface area contributed by atoms with Gasteiger partial charge in [0.05, 0.1) is 30.7 Å². The van der Waals surface area contributed by atoms with Crippen molar-refractivity contribution >= 4 is 11.9 Å². The van der Waals surface area contributed by atoms with Crippen molar-refractivity contribution < 1.29 is 37.0 Å². The van der Waals surface area contributed by atoms with Gasteiger partial charge in [0.25, 0.3) is 5.56 Å². The zero-order chi connectivity index (χ0) is 36.8. The number of rotatable bonds is 12. The molecule has 6 rings (SSSR count). The van der Waals surface area contributed by atoms with E-state index in [-0.39, 0.29) is 42.3 Å². The van der Waals surface area contributed by atoms with Crippen LogP contribution in [0, 0.1) is 25.6 Å². The molecule has 3 aromatic rings. The van der Waals surface area contributed by atoms with Crippen molar-refractivity contribution in [2.75, 3.05) is 19.7 Å². The van der Waals surface area contributed by atoms with Crippen LogP contribution in [-0.2, 0) is 39.8 Å². The Morgan fingerprint density at radius 2 is 1.80 bits per heavy atom. The zero-order valence-corrected chi connectivity index (χ0v) is 29.4.